The molecule has 3 aliphatic rings. The Morgan fingerprint density at radius 3 is 2.37 bits per heavy atom. The Kier molecular flexibility index (Phi) is 4.45. The summed E-state index contributed by atoms with van der Waals surface area (Å²) in [5.74, 6) is 0. The lowest BCUT2D eigenvalue weighted by Gasteiger charge is -2.50. The predicted molar refractivity (Wildman–Crippen MR) is 73.8 cm³/mol. The molecule has 0 aromatic rings. The smallest absolute Gasteiger partial charge is 0.157 e. The van der Waals surface area contributed by atoms with Crippen LogP contribution in [0.25, 0.3) is 0 Å². The van der Waals surface area contributed by atoms with E-state index in [1.807, 2.05) is 0 Å². The molecule has 0 bridgehead atoms. The Morgan fingerprint density at radius 2 is 1.63 bits per heavy atom. The quantitative estimate of drug-likeness (QED) is 0.834. The van der Waals surface area contributed by atoms with Gasteiger partial charge in [-0.3, -0.25) is 0 Å². The van der Waals surface area contributed by atoms with E-state index in [-0.39, 0.29) is 23.9 Å². The van der Waals surface area contributed by atoms with Crippen LogP contribution in [0.4, 0.5) is 0 Å². The molecule has 19 heavy (non-hydrogen) atoms. The lowest BCUT2D eigenvalue weighted by molar-refractivity contribution is -0.239. The van der Waals surface area contributed by atoms with Gasteiger partial charge in [0.15, 0.2) is 6.29 Å². The fourth-order valence-corrected chi connectivity index (χ4v) is 4.35. The van der Waals surface area contributed by atoms with E-state index in [9.17, 15) is 5.11 Å². The van der Waals surface area contributed by atoms with E-state index in [0.717, 1.165) is 45.1 Å². The second kappa shape index (κ2) is 6.11. The summed E-state index contributed by atoms with van der Waals surface area (Å²) < 4.78 is 12.1. The van der Waals surface area contributed by atoms with Crippen LogP contribution < -0.4 is 0 Å². The average molecular weight is 268 g/mol. The Hall–Kier alpha value is -0.120. The van der Waals surface area contributed by atoms with Crippen molar-refractivity contribution in [2.24, 2.45) is 5.41 Å². The molecule has 0 amide bonds. The van der Waals surface area contributed by atoms with Crippen molar-refractivity contribution < 1.29 is 14.6 Å². The number of aliphatic hydroxyl groups excluding tert-OH is 1. The van der Waals surface area contributed by atoms with Gasteiger partial charge in [-0.2, -0.15) is 0 Å². The molecule has 3 fully saturated rings. The van der Waals surface area contributed by atoms with Gasteiger partial charge in [-0.15, -0.1) is 0 Å². The van der Waals surface area contributed by atoms with Gasteiger partial charge < -0.3 is 14.6 Å². The summed E-state index contributed by atoms with van der Waals surface area (Å²) in [5, 5.41) is 10.6. The van der Waals surface area contributed by atoms with Gasteiger partial charge in [0.05, 0.1) is 12.2 Å². The molecule has 1 heterocycles. The maximum absolute atomic E-state index is 10.6. The van der Waals surface area contributed by atoms with Gasteiger partial charge in [0, 0.05) is 12.0 Å². The summed E-state index contributed by atoms with van der Waals surface area (Å²) >= 11 is 0. The zero-order valence-electron chi connectivity index (χ0n) is 12.0. The highest BCUT2D eigenvalue weighted by atomic mass is 16.7. The molecule has 1 unspecified atom stereocenters. The van der Waals surface area contributed by atoms with E-state index in [1.165, 1.54) is 32.1 Å². The SMILES string of the molecule is O[C@H]1CCCC[C@]12CCCC[C@@H]2OC1CCCCO1. The first-order valence-electron chi connectivity index (χ1n) is 8.26. The highest BCUT2D eigenvalue weighted by molar-refractivity contribution is 4.98. The fourth-order valence-electron chi connectivity index (χ4n) is 4.35. The Bertz CT molecular complexity index is 282. The molecule has 3 heteroatoms. The van der Waals surface area contributed by atoms with E-state index in [2.05, 4.69) is 0 Å². The van der Waals surface area contributed by atoms with E-state index >= 15 is 0 Å². The van der Waals surface area contributed by atoms with Crippen molar-refractivity contribution in [2.45, 2.75) is 89.1 Å². The summed E-state index contributed by atoms with van der Waals surface area (Å²) in [7, 11) is 0. The van der Waals surface area contributed by atoms with Crippen molar-refractivity contribution in [2.75, 3.05) is 6.61 Å². The van der Waals surface area contributed by atoms with Gasteiger partial charge in [0.1, 0.15) is 0 Å². The molecule has 2 aliphatic carbocycles. The molecule has 1 saturated heterocycles. The minimum absolute atomic E-state index is 0.0112. The summed E-state index contributed by atoms with van der Waals surface area (Å²) in [6.45, 7) is 0.840. The summed E-state index contributed by atoms with van der Waals surface area (Å²) in [5.41, 5.74) is 0.0390. The minimum atomic E-state index is -0.157. The van der Waals surface area contributed by atoms with Crippen molar-refractivity contribution in [3.8, 4) is 0 Å². The number of hydrogen-bond donors (Lipinski definition) is 1. The molecule has 0 aromatic heterocycles. The first-order chi connectivity index (χ1) is 9.31. The van der Waals surface area contributed by atoms with Gasteiger partial charge in [0.25, 0.3) is 0 Å². The summed E-state index contributed by atoms with van der Waals surface area (Å²) in [6, 6.07) is 0. The van der Waals surface area contributed by atoms with Crippen LogP contribution in [0.1, 0.15) is 70.6 Å². The van der Waals surface area contributed by atoms with Gasteiger partial charge in [-0.1, -0.05) is 25.7 Å². The first kappa shape index (κ1) is 13.8. The normalized spacial score (nSPS) is 44.4. The second-order valence-electron chi connectivity index (χ2n) is 6.66. The minimum Gasteiger partial charge on any atom is -0.392 e. The van der Waals surface area contributed by atoms with E-state index in [1.54, 1.807) is 0 Å². The largest absolute Gasteiger partial charge is 0.392 e. The number of hydrogen-bond acceptors (Lipinski definition) is 3. The van der Waals surface area contributed by atoms with Crippen molar-refractivity contribution >= 4 is 0 Å². The zero-order chi connectivity index (χ0) is 13.1. The number of rotatable bonds is 2. The highest BCUT2D eigenvalue weighted by Crippen LogP contribution is 2.49. The number of ether oxygens (including phenoxy) is 2. The third-order valence-corrected chi connectivity index (χ3v) is 5.49. The molecular weight excluding hydrogens is 240 g/mol. The molecule has 1 N–H and O–H groups in total. The Balaban J connectivity index is 1.69. The van der Waals surface area contributed by atoms with E-state index in [4.69, 9.17) is 9.47 Å². The highest BCUT2D eigenvalue weighted by Gasteiger charge is 2.48. The topological polar surface area (TPSA) is 38.7 Å². The first-order valence-corrected chi connectivity index (χ1v) is 8.26. The summed E-state index contributed by atoms with van der Waals surface area (Å²) in [4.78, 5) is 0. The van der Waals surface area contributed by atoms with Crippen LogP contribution in [-0.4, -0.2) is 30.2 Å². The maximum Gasteiger partial charge on any atom is 0.157 e. The van der Waals surface area contributed by atoms with Crippen molar-refractivity contribution in [1.29, 1.82) is 0 Å². The van der Waals surface area contributed by atoms with Crippen molar-refractivity contribution in [3.05, 3.63) is 0 Å². The molecular formula is C16H28O3. The Morgan fingerprint density at radius 1 is 0.895 bits per heavy atom. The van der Waals surface area contributed by atoms with Crippen LogP contribution in [0.5, 0.6) is 0 Å². The van der Waals surface area contributed by atoms with Crippen LogP contribution in [0.15, 0.2) is 0 Å². The van der Waals surface area contributed by atoms with Gasteiger partial charge in [-0.05, 0) is 44.9 Å². The van der Waals surface area contributed by atoms with Gasteiger partial charge in [0.2, 0.25) is 0 Å². The van der Waals surface area contributed by atoms with Crippen LogP contribution in [0.2, 0.25) is 0 Å². The molecule has 1 aliphatic heterocycles. The third kappa shape index (κ3) is 2.84. The van der Waals surface area contributed by atoms with Crippen LogP contribution in [0, 0.1) is 5.41 Å². The number of aliphatic hydroxyl groups is 1. The maximum atomic E-state index is 10.6. The van der Waals surface area contributed by atoms with Crippen LogP contribution in [-0.2, 0) is 9.47 Å². The van der Waals surface area contributed by atoms with Crippen molar-refractivity contribution in [3.63, 3.8) is 0 Å². The standard InChI is InChI=1S/C16H28O3/c17-13-7-1-4-10-16(13)11-5-2-8-14(16)19-15-9-3-6-12-18-15/h13-15,17H,1-12H2/t13-,14-,15?,16-/m0/s1. The van der Waals surface area contributed by atoms with E-state index < -0.39 is 0 Å². The molecule has 4 atom stereocenters. The zero-order valence-corrected chi connectivity index (χ0v) is 12.0. The monoisotopic (exact) mass is 268 g/mol. The molecule has 2 saturated carbocycles. The molecule has 0 radical (unpaired) electrons. The molecule has 110 valence electrons. The van der Waals surface area contributed by atoms with Gasteiger partial charge in [-0.25, -0.2) is 0 Å². The molecule has 3 rings (SSSR count). The van der Waals surface area contributed by atoms with Crippen LogP contribution in [0.3, 0.4) is 0 Å². The predicted octanol–water partition coefficient (Wildman–Crippen LogP) is 3.39. The lowest BCUT2D eigenvalue weighted by Crippen LogP contribution is -2.51. The third-order valence-electron chi connectivity index (χ3n) is 5.49. The van der Waals surface area contributed by atoms with Crippen LogP contribution >= 0.6 is 0 Å². The van der Waals surface area contributed by atoms with Gasteiger partial charge >= 0.3 is 0 Å². The Labute approximate surface area is 116 Å². The second-order valence-corrected chi connectivity index (χ2v) is 6.66. The average Bonchev–Trinajstić information content (AvgIpc) is 2.46. The molecule has 3 nitrogen and oxygen atoms in total. The van der Waals surface area contributed by atoms with E-state index in [0.29, 0.717) is 0 Å². The lowest BCUT2D eigenvalue weighted by atomic mass is 9.62. The summed E-state index contributed by atoms with van der Waals surface area (Å²) in [6.07, 6.45) is 12.7. The molecule has 1 spiro atoms. The fraction of sp³-hybridized carbons (Fsp3) is 1.00. The molecule has 0 aromatic carbocycles. The van der Waals surface area contributed by atoms with Crippen molar-refractivity contribution in [1.82, 2.24) is 0 Å².